The summed E-state index contributed by atoms with van der Waals surface area (Å²) in [5.41, 5.74) is 2.65. The van der Waals surface area contributed by atoms with Crippen LogP contribution in [0.4, 0.5) is 5.82 Å². The fourth-order valence-corrected chi connectivity index (χ4v) is 1.73. The van der Waals surface area contributed by atoms with Crippen LogP contribution in [0.5, 0.6) is 0 Å². The highest BCUT2D eigenvalue weighted by molar-refractivity contribution is 5.64. The van der Waals surface area contributed by atoms with Crippen LogP contribution in [0.15, 0.2) is 18.6 Å². The van der Waals surface area contributed by atoms with Gasteiger partial charge in [0.15, 0.2) is 0 Å². The quantitative estimate of drug-likeness (QED) is 0.892. The van der Waals surface area contributed by atoms with Crippen LogP contribution in [0.2, 0.25) is 0 Å². The SMILES string of the molecule is CCNc1nc(CC)nc(-c2cnccn2)c1C. The van der Waals surface area contributed by atoms with Gasteiger partial charge in [0.05, 0.1) is 11.9 Å². The number of nitrogens with one attached hydrogen (secondary N) is 1. The lowest BCUT2D eigenvalue weighted by Crippen LogP contribution is -2.08. The van der Waals surface area contributed by atoms with Gasteiger partial charge in [0.2, 0.25) is 0 Å². The number of rotatable bonds is 4. The van der Waals surface area contributed by atoms with Crippen LogP contribution in [-0.4, -0.2) is 26.5 Å². The van der Waals surface area contributed by atoms with E-state index in [1.165, 1.54) is 0 Å². The van der Waals surface area contributed by atoms with E-state index < -0.39 is 0 Å². The Balaban J connectivity index is 2.55. The van der Waals surface area contributed by atoms with E-state index in [9.17, 15) is 0 Å². The van der Waals surface area contributed by atoms with Crippen molar-refractivity contribution in [3.05, 3.63) is 30.0 Å². The normalized spacial score (nSPS) is 10.4. The van der Waals surface area contributed by atoms with Gasteiger partial charge in [0.25, 0.3) is 0 Å². The third-order valence-electron chi connectivity index (χ3n) is 2.66. The van der Waals surface area contributed by atoms with E-state index in [0.717, 1.165) is 41.6 Å². The molecular formula is C13H17N5. The molecule has 0 radical (unpaired) electrons. The monoisotopic (exact) mass is 243 g/mol. The molecule has 2 aromatic rings. The molecule has 0 saturated carbocycles. The predicted octanol–water partition coefficient (Wildman–Crippen LogP) is 2.24. The summed E-state index contributed by atoms with van der Waals surface area (Å²) in [6.07, 6.45) is 5.86. The first kappa shape index (κ1) is 12.4. The molecule has 2 aromatic heterocycles. The van der Waals surface area contributed by atoms with Gasteiger partial charge in [-0.3, -0.25) is 9.97 Å². The van der Waals surface area contributed by atoms with Crippen LogP contribution in [0.3, 0.4) is 0 Å². The van der Waals surface area contributed by atoms with Gasteiger partial charge in [-0.1, -0.05) is 6.92 Å². The van der Waals surface area contributed by atoms with Gasteiger partial charge in [-0.05, 0) is 13.8 Å². The molecule has 0 fully saturated rings. The molecule has 0 aliphatic heterocycles. The van der Waals surface area contributed by atoms with Gasteiger partial charge in [-0.25, -0.2) is 9.97 Å². The summed E-state index contributed by atoms with van der Waals surface area (Å²) < 4.78 is 0. The molecule has 0 amide bonds. The third kappa shape index (κ3) is 2.45. The summed E-state index contributed by atoms with van der Waals surface area (Å²) in [6, 6.07) is 0. The zero-order valence-electron chi connectivity index (χ0n) is 10.9. The van der Waals surface area contributed by atoms with Crippen molar-refractivity contribution in [2.75, 3.05) is 11.9 Å². The van der Waals surface area contributed by atoms with Gasteiger partial charge >= 0.3 is 0 Å². The second-order valence-corrected chi connectivity index (χ2v) is 3.94. The number of nitrogens with zero attached hydrogens (tertiary/aromatic N) is 4. The van der Waals surface area contributed by atoms with E-state index in [4.69, 9.17) is 0 Å². The van der Waals surface area contributed by atoms with E-state index in [1.54, 1.807) is 18.6 Å². The lowest BCUT2D eigenvalue weighted by molar-refractivity contribution is 0.926. The minimum atomic E-state index is 0.784. The lowest BCUT2D eigenvalue weighted by atomic mass is 10.1. The van der Waals surface area contributed by atoms with Crippen molar-refractivity contribution in [1.82, 2.24) is 19.9 Å². The first-order valence-electron chi connectivity index (χ1n) is 6.14. The fraction of sp³-hybridized carbons (Fsp3) is 0.385. The summed E-state index contributed by atoms with van der Waals surface area (Å²) in [5.74, 6) is 1.70. The summed E-state index contributed by atoms with van der Waals surface area (Å²) in [7, 11) is 0. The Labute approximate surface area is 107 Å². The molecule has 2 heterocycles. The van der Waals surface area contributed by atoms with Gasteiger partial charge in [0.1, 0.15) is 17.3 Å². The zero-order chi connectivity index (χ0) is 13.0. The molecule has 0 bridgehead atoms. The molecule has 5 heteroatoms. The Morgan fingerprint density at radius 1 is 1.17 bits per heavy atom. The summed E-state index contributed by atoms with van der Waals surface area (Å²) in [5, 5.41) is 3.26. The Bertz CT molecular complexity index is 524. The van der Waals surface area contributed by atoms with Gasteiger partial charge in [0, 0.05) is 30.9 Å². The van der Waals surface area contributed by atoms with Gasteiger partial charge in [-0.2, -0.15) is 0 Å². The van der Waals surface area contributed by atoms with Crippen molar-refractivity contribution >= 4 is 5.82 Å². The molecule has 0 unspecified atom stereocenters. The summed E-state index contributed by atoms with van der Waals surface area (Å²) in [6.45, 7) is 6.93. The molecular weight excluding hydrogens is 226 g/mol. The lowest BCUT2D eigenvalue weighted by Gasteiger charge is -2.12. The van der Waals surface area contributed by atoms with Gasteiger partial charge < -0.3 is 5.32 Å². The Kier molecular flexibility index (Phi) is 3.82. The highest BCUT2D eigenvalue weighted by atomic mass is 15.0. The Morgan fingerprint density at radius 2 is 2.00 bits per heavy atom. The van der Waals surface area contributed by atoms with Crippen molar-refractivity contribution in [3.8, 4) is 11.4 Å². The minimum Gasteiger partial charge on any atom is -0.370 e. The predicted molar refractivity (Wildman–Crippen MR) is 71.3 cm³/mol. The van der Waals surface area contributed by atoms with Crippen molar-refractivity contribution in [2.24, 2.45) is 0 Å². The molecule has 5 nitrogen and oxygen atoms in total. The maximum absolute atomic E-state index is 4.55. The molecule has 0 spiro atoms. The number of aromatic nitrogens is 4. The van der Waals surface area contributed by atoms with E-state index in [2.05, 4.69) is 32.2 Å². The zero-order valence-corrected chi connectivity index (χ0v) is 10.9. The summed E-state index contributed by atoms with van der Waals surface area (Å²) >= 11 is 0. The van der Waals surface area contributed by atoms with Crippen LogP contribution in [0.25, 0.3) is 11.4 Å². The van der Waals surface area contributed by atoms with Crippen molar-refractivity contribution in [1.29, 1.82) is 0 Å². The number of hydrogen-bond donors (Lipinski definition) is 1. The van der Waals surface area contributed by atoms with Crippen molar-refractivity contribution < 1.29 is 0 Å². The second-order valence-electron chi connectivity index (χ2n) is 3.94. The minimum absolute atomic E-state index is 0.784. The molecule has 0 aromatic carbocycles. The topological polar surface area (TPSA) is 63.6 Å². The average Bonchev–Trinajstić information content (AvgIpc) is 2.42. The van der Waals surface area contributed by atoms with Crippen molar-refractivity contribution in [2.45, 2.75) is 27.2 Å². The standard InChI is InChI=1S/C13H17N5/c1-4-11-17-12(10-8-14-6-7-16-10)9(3)13(18-11)15-5-2/h6-8H,4-5H2,1-3H3,(H,15,17,18). The Morgan fingerprint density at radius 3 is 2.61 bits per heavy atom. The van der Waals surface area contributed by atoms with Crippen LogP contribution in [0.1, 0.15) is 25.2 Å². The Hall–Kier alpha value is -2.04. The second kappa shape index (κ2) is 5.53. The smallest absolute Gasteiger partial charge is 0.133 e. The van der Waals surface area contributed by atoms with Crippen LogP contribution >= 0.6 is 0 Å². The number of aryl methyl sites for hydroxylation is 1. The first-order chi connectivity index (χ1) is 8.76. The molecule has 0 atom stereocenters. The van der Waals surface area contributed by atoms with Crippen LogP contribution in [0, 0.1) is 6.92 Å². The fourth-order valence-electron chi connectivity index (χ4n) is 1.73. The maximum Gasteiger partial charge on any atom is 0.133 e. The molecule has 2 rings (SSSR count). The molecule has 94 valence electrons. The van der Waals surface area contributed by atoms with E-state index >= 15 is 0 Å². The van der Waals surface area contributed by atoms with E-state index in [-0.39, 0.29) is 0 Å². The highest BCUT2D eigenvalue weighted by Crippen LogP contribution is 2.23. The molecule has 0 aliphatic rings. The van der Waals surface area contributed by atoms with Crippen LogP contribution in [-0.2, 0) is 6.42 Å². The average molecular weight is 243 g/mol. The molecule has 1 N–H and O–H groups in total. The van der Waals surface area contributed by atoms with E-state index in [1.807, 2.05) is 13.8 Å². The molecule has 0 aliphatic carbocycles. The summed E-state index contributed by atoms with van der Waals surface area (Å²) in [4.78, 5) is 17.4. The maximum atomic E-state index is 4.55. The molecule has 0 saturated heterocycles. The number of hydrogen-bond acceptors (Lipinski definition) is 5. The molecule has 18 heavy (non-hydrogen) atoms. The van der Waals surface area contributed by atoms with Crippen molar-refractivity contribution in [3.63, 3.8) is 0 Å². The van der Waals surface area contributed by atoms with Crippen LogP contribution < -0.4 is 5.32 Å². The number of anilines is 1. The van der Waals surface area contributed by atoms with E-state index in [0.29, 0.717) is 0 Å². The largest absolute Gasteiger partial charge is 0.370 e. The third-order valence-corrected chi connectivity index (χ3v) is 2.66. The highest BCUT2D eigenvalue weighted by Gasteiger charge is 2.12. The first-order valence-corrected chi connectivity index (χ1v) is 6.14. The van der Waals surface area contributed by atoms with Gasteiger partial charge in [-0.15, -0.1) is 0 Å².